The molecule has 0 saturated carbocycles. The molecule has 0 heterocycles. The fourth-order valence-corrected chi connectivity index (χ4v) is 2.11. The maximum absolute atomic E-state index is 12.1. The number of hydrogen-bond acceptors (Lipinski definition) is 3. The molecule has 1 amide bonds. The number of nitrogens with one attached hydrogen (secondary N) is 1. The molecule has 0 radical (unpaired) electrons. The number of carbonyl (C=O) groups excluding carboxylic acids is 1. The molecule has 0 spiro atoms. The molecule has 2 aromatic carbocycles. The number of anilines is 1. The van der Waals surface area contributed by atoms with Gasteiger partial charge < -0.3 is 10.4 Å². The van der Waals surface area contributed by atoms with E-state index in [4.69, 9.17) is 0 Å². The maximum atomic E-state index is 12.1. The lowest BCUT2D eigenvalue weighted by atomic mass is 10.0. The number of hydrogen-bond donors (Lipinski definition) is 2. The van der Waals surface area contributed by atoms with Crippen molar-refractivity contribution in [3.63, 3.8) is 0 Å². The van der Waals surface area contributed by atoms with Crippen LogP contribution < -0.4 is 5.32 Å². The number of nitrogens with zero attached hydrogens (tertiary/aromatic N) is 1. The highest BCUT2D eigenvalue weighted by Crippen LogP contribution is 2.24. The van der Waals surface area contributed by atoms with E-state index >= 15 is 0 Å². The Morgan fingerprint density at radius 2 is 1.77 bits per heavy atom. The molecule has 0 atom stereocenters. The monoisotopic (exact) mass is 292 g/mol. The highest BCUT2D eigenvalue weighted by Gasteiger charge is 2.10. The van der Waals surface area contributed by atoms with Gasteiger partial charge in [0.15, 0.2) is 0 Å². The molecule has 4 heteroatoms. The Bertz CT molecular complexity index is 748. The minimum absolute atomic E-state index is 0.00772. The zero-order valence-electron chi connectivity index (χ0n) is 12.4. The van der Waals surface area contributed by atoms with E-state index in [1.165, 1.54) is 6.08 Å². The molecular weight excluding hydrogens is 276 g/mol. The van der Waals surface area contributed by atoms with Crippen LogP contribution in [0.3, 0.4) is 0 Å². The predicted octanol–water partition coefficient (Wildman–Crippen LogP) is 3.55. The standard InChI is InChI=1S/C18H16N2O2/c1-12-8-14(9-13(2)17(12)21)10-15(11-19)18(22)20-16-6-4-3-5-7-16/h3-10,21H,1-2H3,(H,20,22). The zero-order valence-corrected chi connectivity index (χ0v) is 12.4. The molecule has 110 valence electrons. The number of para-hydroxylation sites is 1. The van der Waals surface area contributed by atoms with Crippen molar-refractivity contribution in [1.82, 2.24) is 0 Å². The van der Waals surface area contributed by atoms with E-state index in [1.54, 1.807) is 50.2 Å². The predicted molar refractivity (Wildman–Crippen MR) is 86.2 cm³/mol. The van der Waals surface area contributed by atoms with Crippen LogP contribution in [0.25, 0.3) is 6.08 Å². The van der Waals surface area contributed by atoms with Gasteiger partial charge in [-0.3, -0.25) is 4.79 Å². The fourth-order valence-electron chi connectivity index (χ4n) is 2.11. The normalized spacial score (nSPS) is 10.9. The van der Waals surface area contributed by atoms with Crippen molar-refractivity contribution in [1.29, 1.82) is 5.26 Å². The first-order chi connectivity index (χ1) is 10.5. The third-order valence-electron chi connectivity index (χ3n) is 3.22. The van der Waals surface area contributed by atoms with Gasteiger partial charge in [0.2, 0.25) is 0 Å². The highest BCUT2D eigenvalue weighted by molar-refractivity contribution is 6.09. The van der Waals surface area contributed by atoms with Gasteiger partial charge in [0.1, 0.15) is 17.4 Å². The van der Waals surface area contributed by atoms with Crippen molar-refractivity contribution in [2.75, 3.05) is 5.32 Å². The lowest BCUT2D eigenvalue weighted by molar-refractivity contribution is -0.112. The van der Waals surface area contributed by atoms with Crippen LogP contribution in [0, 0.1) is 25.2 Å². The number of aromatic hydroxyl groups is 1. The SMILES string of the molecule is Cc1cc(C=C(C#N)C(=O)Nc2ccccc2)cc(C)c1O. The second-order valence-corrected chi connectivity index (χ2v) is 4.99. The molecule has 0 saturated heterocycles. The van der Waals surface area contributed by atoms with Crippen LogP contribution in [0.1, 0.15) is 16.7 Å². The van der Waals surface area contributed by atoms with Crippen molar-refractivity contribution in [3.8, 4) is 11.8 Å². The third-order valence-corrected chi connectivity index (χ3v) is 3.22. The van der Waals surface area contributed by atoms with Gasteiger partial charge >= 0.3 is 0 Å². The number of carbonyl (C=O) groups is 1. The van der Waals surface area contributed by atoms with E-state index in [1.807, 2.05) is 12.1 Å². The summed E-state index contributed by atoms with van der Waals surface area (Å²) in [7, 11) is 0. The summed E-state index contributed by atoms with van der Waals surface area (Å²) in [6.07, 6.45) is 1.51. The van der Waals surface area contributed by atoms with Gasteiger partial charge in [0.05, 0.1) is 0 Å². The first kappa shape index (κ1) is 15.3. The Hall–Kier alpha value is -3.06. The average molecular weight is 292 g/mol. The number of phenols is 1. The number of amides is 1. The van der Waals surface area contributed by atoms with Crippen LogP contribution in [-0.2, 0) is 4.79 Å². The summed E-state index contributed by atoms with van der Waals surface area (Å²) < 4.78 is 0. The van der Waals surface area contributed by atoms with E-state index in [0.29, 0.717) is 22.4 Å². The van der Waals surface area contributed by atoms with Crippen molar-refractivity contribution in [2.24, 2.45) is 0 Å². The van der Waals surface area contributed by atoms with Gasteiger partial charge in [-0.1, -0.05) is 18.2 Å². The summed E-state index contributed by atoms with van der Waals surface area (Å²) in [6, 6.07) is 14.3. The van der Waals surface area contributed by atoms with E-state index in [0.717, 1.165) is 0 Å². The topological polar surface area (TPSA) is 73.1 Å². The minimum Gasteiger partial charge on any atom is -0.507 e. The van der Waals surface area contributed by atoms with Gasteiger partial charge in [-0.15, -0.1) is 0 Å². The summed E-state index contributed by atoms with van der Waals surface area (Å²) in [5.41, 5.74) is 2.74. The smallest absolute Gasteiger partial charge is 0.266 e. The maximum Gasteiger partial charge on any atom is 0.266 e. The number of rotatable bonds is 3. The molecule has 0 aromatic heterocycles. The zero-order chi connectivity index (χ0) is 16.1. The molecule has 0 unspecified atom stereocenters. The molecule has 0 aliphatic heterocycles. The molecule has 22 heavy (non-hydrogen) atoms. The van der Waals surface area contributed by atoms with Crippen molar-refractivity contribution in [3.05, 3.63) is 64.7 Å². The molecular formula is C18H16N2O2. The summed E-state index contributed by atoms with van der Waals surface area (Å²) in [6.45, 7) is 3.55. The van der Waals surface area contributed by atoms with Crippen molar-refractivity contribution in [2.45, 2.75) is 13.8 Å². The lowest BCUT2D eigenvalue weighted by Crippen LogP contribution is -2.13. The van der Waals surface area contributed by atoms with E-state index in [9.17, 15) is 15.2 Å². The Labute approximate surface area is 129 Å². The minimum atomic E-state index is -0.461. The summed E-state index contributed by atoms with van der Waals surface area (Å²) in [5.74, 6) is -0.235. The number of benzene rings is 2. The number of aryl methyl sites for hydroxylation is 2. The summed E-state index contributed by atoms with van der Waals surface area (Å²) in [5, 5.41) is 21.6. The first-order valence-electron chi connectivity index (χ1n) is 6.79. The van der Waals surface area contributed by atoms with Crippen molar-refractivity contribution < 1.29 is 9.90 Å². The summed E-state index contributed by atoms with van der Waals surface area (Å²) >= 11 is 0. The second kappa shape index (κ2) is 6.59. The van der Waals surface area contributed by atoms with E-state index < -0.39 is 5.91 Å². The molecule has 2 aromatic rings. The van der Waals surface area contributed by atoms with E-state index in [-0.39, 0.29) is 11.3 Å². The van der Waals surface area contributed by atoms with Gasteiger partial charge in [0.25, 0.3) is 5.91 Å². The molecule has 4 nitrogen and oxygen atoms in total. The Morgan fingerprint density at radius 1 is 1.18 bits per heavy atom. The van der Waals surface area contributed by atoms with E-state index in [2.05, 4.69) is 5.32 Å². The van der Waals surface area contributed by atoms with Crippen LogP contribution in [-0.4, -0.2) is 11.0 Å². The van der Waals surface area contributed by atoms with Crippen LogP contribution in [0.5, 0.6) is 5.75 Å². The number of phenolic OH excluding ortho intramolecular Hbond substituents is 1. The fraction of sp³-hybridized carbons (Fsp3) is 0.111. The third kappa shape index (κ3) is 3.53. The van der Waals surface area contributed by atoms with Crippen LogP contribution in [0.4, 0.5) is 5.69 Å². The Balaban J connectivity index is 2.28. The first-order valence-corrected chi connectivity index (χ1v) is 6.79. The van der Waals surface area contributed by atoms with Gasteiger partial charge in [-0.05, 0) is 60.9 Å². The molecule has 2 N–H and O–H groups in total. The lowest BCUT2D eigenvalue weighted by Gasteiger charge is -2.06. The van der Waals surface area contributed by atoms with Gasteiger partial charge in [-0.25, -0.2) is 0 Å². The average Bonchev–Trinajstić information content (AvgIpc) is 2.51. The van der Waals surface area contributed by atoms with Crippen LogP contribution in [0.15, 0.2) is 48.0 Å². The van der Waals surface area contributed by atoms with Gasteiger partial charge in [0, 0.05) is 5.69 Å². The molecule has 2 rings (SSSR count). The summed E-state index contributed by atoms with van der Waals surface area (Å²) in [4.78, 5) is 12.1. The molecule has 0 aliphatic rings. The quantitative estimate of drug-likeness (QED) is 0.671. The Morgan fingerprint density at radius 3 is 2.32 bits per heavy atom. The molecule has 0 bridgehead atoms. The van der Waals surface area contributed by atoms with Gasteiger partial charge in [-0.2, -0.15) is 5.26 Å². The Kier molecular flexibility index (Phi) is 4.60. The largest absolute Gasteiger partial charge is 0.507 e. The van der Waals surface area contributed by atoms with Crippen LogP contribution >= 0.6 is 0 Å². The second-order valence-electron chi connectivity index (χ2n) is 4.99. The van der Waals surface area contributed by atoms with Crippen molar-refractivity contribution >= 4 is 17.7 Å². The highest BCUT2D eigenvalue weighted by atomic mass is 16.3. The number of nitriles is 1. The van der Waals surface area contributed by atoms with Crippen LogP contribution in [0.2, 0.25) is 0 Å². The molecule has 0 fully saturated rings. The molecule has 0 aliphatic carbocycles.